The van der Waals surface area contributed by atoms with Gasteiger partial charge in [0.2, 0.25) is 0 Å². The van der Waals surface area contributed by atoms with Crippen molar-refractivity contribution in [2.75, 3.05) is 0 Å². The fraction of sp³-hybridized carbons (Fsp3) is 0.214. The minimum Gasteiger partial charge on any atom is -0.324 e. The van der Waals surface area contributed by atoms with E-state index in [1.54, 1.807) is 0 Å². The lowest BCUT2D eigenvalue weighted by molar-refractivity contribution is 0.719. The van der Waals surface area contributed by atoms with Gasteiger partial charge >= 0.3 is 0 Å². The second-order valence-corrected chi connectivity index (χ2v) is 4.03. The summed E-state index contributed by atoms with van der Waals surface area (Å²) in [5.74, 6) is 0. The number of nitrogens with zero attached hydrogens (tertiary/aromatic N) is 1. The van der Waals surface area contributed by atoms with E-state index in [2.05, 4.69) is 23.2 Å². The van der Waals surface area contributed by atoms with E-state index in [9.17, 15) is 0 Å². The van der Waals surface area contributed by atoms with Crippen LogP contribution in [0.25, 0.3) is 0 Å². The minimum atomic E-state index is 0.0470. The fourth-order valence-electron chi connectivity index (χ4n) is 1.69. The van der Waals surface area contributed by atoms with Crippen molar-refractivity contribution in [2.45, 2.75) is 19.4 Å². The third-order valence-electron chi connectivity index (χ3n) is 2.66. The van der Waals surface area contributed by atoms with Crippen LogP contribution in [-0.4, -0.2) is 4.98 Å². The van der Waals surface area contributed by atoms with E-state index in [1.165, 1.54) is 11.1 Å². The molecule has 0 fully saturated rings. The zero-order valence-electron chi connectivity index (χ0n) is 9.43. The Kier molecular flexibility index (Phi) is 3.32. The van der Waals surface area contributed by atoms with Crippen LogP contribution >= 0.6 is 0 Å². The van der Waals surface area contributed by atoms with Crippen LogP contribution in [-0.2, 0) is 6.42 Å². The summed E-state index contributed by atoms with van der Waals surface area (Å²) in [6, 6.07) is 14.3. The number of aromatic nitrogens is 1. The smallest absolute Gasteiger partial charge is 0.0372 e. The quantitative estimate of drug-likeness (QED) is 0.849. The molecule has 1 atom stereocenters. The van der Waals surface area contributed by atoms with E-state index in [1.807, 2.05) is 37.4 Å². The lowest BCUT2D eigenvalue weighted by atomic mass is 10.0. The van der Waals surface area contributed by atoms with Crippen LogP contribution in [0.5, 0.6) is 0 Å². The second-order valence-electron chi connectivity index (χ2n) is 4.03. The minimum absolute atomic E-state index is 0.0470. The van der Waals surface area contributed by atoms with Crippen LogP contribution in [0.4, 0.5) is 0 Å². The molecule has 2 N–H and O–H groups in total. The van der Waals surface area contributed by atoms with Crippen LogP contribution in [0.3, 0.4) is 0 Å². The van der Waals surface area contributed by atoms with Gasteiger partial charge in [-0.3, -0.25) is 4.98 Å². The van der Waals surface area contributed by atoms with Gasteiger partial charge in [0.05, 0.1) is 0 Å². The first-order valence-corrected chi connectivity index (χ1v) is 5.48. The van der Waals surface area contributed by atoms with E-state index in [0.717, 1.165) is 12.1 Å². The first-order valence-electron chi connectivity index (χ1n) is 5.48. The maximum atomic E-state index is 6.14. The number of hydrogen-bond donors (Lipinski definition) is 1. The topological polar surface area (TPSA) is 38.9 Å². The predicted molar refractivity (Wildman–Crippen MR) is 66.0 cm³/mol. The molecule has 1 aromatic heterocycles. The van der Waals surface area contributed by atoms with Crippen molar-refractivity contribution in [3.8, 4) is 0 Å². The van der Waals surface area contributed by atoms with Gasteiger partial charge in [-0.1, -0.05) is 36.4 Å². The van der Waals surface area contributed by atoms with Crippen molar-refractivity contribution < 1.29 is 0 Å². The summed E-state index contributed by atoms with van der Waals surface area (Å²) in [7, 11) is 0. The molecule has 0 unspecified atom stereocenters. The molecule has 0 saturated carbocycles. The Labute approximate surface area is 96.1 Å². The van der Waals surface area contributed by atoms with Gasteiger partial charge in [0.15, 0.2) is 0 Å². The third-order valence-corrected chi connectivity index (χ3v) is 2.66. The SMILES string of the molecule is Cc1ccc(C[C@@H](N)c2ccccc2)cn1. The van der Waals surface area contributed by atoms with Crippen molar-refractivity contribution in [3.63, 3.8) is 0 Å². The Bertz CT molecular complexity index is 434. The Morgan fingerprint density at radius 2 is 1.88 bits per heavy atom. The Hall–Kier alpha value is -1.67. The van der Waals surface area contributed by atoms with Crippen LogP contribution < -0.4 is 5.73 Å². The number of hydrogen-bond acceptors (Lipinski definition) is 2. The van der Waals surface area contributed by atoms with Crippen molar-refractivity contribution in [2.24, 2.45) is 5.73 Å². The fourth-order valence-corrected chi connectivity index (χ4v) is 1.69. The number of nitrogens with two attached hydrogens (primary N) is 1. The molecule has 0 spiro atoms. The molecule has 0 bridgehead atoms. The number of aryl methyl sites for hydroxylation is 1. The van der Waals surface area contributed by atoms with Crippen LogP contribution in [0.1, 0.15) is 22.9 Å². The van der Waals surface area contributed by atoms with Gasteiger partial charge < -0.3 is 5.73 Å². The number of pyridine rings is 1. The highest BCUT2D eigenvalue weighted by Gasteiger charge is 2.06. The standard InChI is InChI=1S/C14H16N2/c1-11-7-8-12(10-16-11)9-14(15)13-5-3-2-4-6-13/h2-8,10,14H,9,15H2,1H3/t14-/m1/s1. The van der Waals surface area contributed by atoms with Gasteiger partial charge in [-0.05, 0) is 30.5 Å². The Morgan fingerprint density at radius 3 is 2.50 bits per heavy atom. The molecule has 0 aliphatic heterocycles. The van der Waals surface area contributed by atoms with E-state index < -0.39 is 0 Å². The summed E-state index contributed by atoms with van der Waals surface area (Å²) < 4.78 is 0. The van der Waals surface area contributed by atoms with Gasteiger partial charge in [-0.25, -0.2) is 0 Å². The summed E-state index contributed by atoms with van der Waals surface area (Å²) in [6.07, 6.45) is 2.73. The van der Waals surface area contributed by atoms with Gasteiger partial charge in [0.25, 0.3) is 0 Å². The maximum Gasteiger partial charge on any atom is 0.0372 e. The largest absolute Gasteiger partial charge is 0.324 e. The van der Waals surface area contributed by atoms with Crippen molar-refractivity contribution in [3.05, 3.63) is 65.5 Å². The highest BCUT2D eigenvalue weighted by atomic mass is 14.7. The van der Waals surface area contributed by atoms with Gasteiger partial charge in [-0.2, -0.15) is 0 Å². The molecule has 2 aromatic rings. The lowest BCUT2D eigenvalue weighted by Gasteiger charge is -2.11. The number of benzene rings is 1. The zero-order chi connectivity index (χ0) is 11.4. The molecule has 1 aromatic carbocycles. The normalized spacial score (nSPS) is 12.4. The molecule has 0 saturated heterocycles. The monoisotopic (exact) mass is 212 g/mol. The predicted octanol–water partition coefficient (Wildman–Crippen LogP) is 2.63. The lowest BCUT2D eigenvalue weighted by Crippen LogP contribution is -2.13. The summed E-state index contributed by atoms with van der Waals surface area (Å²) in [4.78, 5) is 4.27. The van der Waals surface area contributed by atoms with E-state index in [4.69, 9.17) is 5.73 Å². The molecule has 2 nitrogen and oxygen atoms in total. The summed E-state index contributed by atoms with van der Waals surface area (Å²) in [5, 5.41) is 0. The van der Waals surface area contributed by atoms with E-state index in [-0.39, 0.29) is 6.04 Å². The summed E-state index contributed by atoms with van der Waals surface area (Å²) in [5.41, 5.74) is 9.53. The average molecular weight is 212 g/mol. The van der Waals surface area contributed by atoms with Crippen molar-refractivity contribution in [1.82, 2.24) is 4.98 Å². The number of rotatable bonds is 3. The average Bonchev–Trinajstić information content (AvgIpc) is 2.33. The highest BCUT2D eigenvalue weighted by molar-refractivity contribution is 5.22. The molecule has 16 heavy (non-hydrogen) atoms. The molecule has 2 heteroatoms. The van der Waals surface area contributed by atoms with Crippen molar-refractivity contribution >= 4 is 0 Å². The molecule has 0 aliphatic rings. The van der Waals surface area contributed by atoms with Gasteiger partial charge in [0, 0.05) is 17.9 Å². The summed E-state index contributed by atoms with van der Waals surface area (Å²) >= 11 is 0. The molecule has 0 aliphatic carbocycles. The first kappa shape index (κ1) is 10.8. The van der Waals surface area contributed by atoms with Crippen LogP contribution in [0.15, 0.2) is 48.7 Å². The van der Waals surface area contributed by atoms with Crippen molar-refractivity contribution in [1.29, 1.82) is 0 Å². The Balaban J connectivity index is 2.08. The van der Waals surface area contributed by atoms with Gasteiger partial charge in [-0.15, -0.1) is 0 Å². The second kappa shape index (κ2) is 4.90. The molecule has 82 valence electrons. The Morgan fingerprint density at radius 1 is 1.12 bits per heavy atom. The molecule has 0 radical (unpaired) electrons. The van der Waals surface area contributed by atoms with Crippen LogP contribution in [0.2, 0.25) is 0 Å². The molecular weight excluding hydrogens is 196 g/mol. The molecule has 2 rings (SSSR count). The third kappa shape index (κ3) is 2.67. The first-order chi connectivity index (χ1) is 7.75. The molecule has 1 heterocycles. The van der Waals surface area contributed by atoms with Gasteiger partial charge in [0.1, 0.15) is 0 Å². The van der Waals surface area contributed by atoms with E-state index >= 15 is 0 Å². The highest BCUT2D eigenvalue weighted by Crippen LogP contribution is 2.15. The molecular formula is C14H16N2. The zero-order valence-corrected chi connectivity index (χ0v) is 9.43. The summed E-state index contributed by atoms with van der Waals surface area (Å²) in [6.45, 7) is 1.99. The maximum absolute atomic E-state index is 6.14. The van der Waals surface area contributed by atoms with E-state index in [0.29, 0.717) is 0 Å². The molecule has 0 amide bonds. The van der Waals surface area contributed by atoms with Crippen LogP contribution in [0, 0.1) is 6.92 Å².